The van der Waals surface area contributed by atoms with E-state index in [4.69, 9.17) is 0 Å². The Labute approximate surface area is 178 Å². The first-order chi connectivity index (χ1) is 14.8. The SMILES string of the molecule is CC[C@H](C)Nc1nc(NCCc2ccncc2)cc(-c2cccc(OC(F)(F)F)c2)n1. The van der Waals surface area contributed by atoms with Crippen LogP contribution in [0.25, 0.3) is 11.3 Å². The van der Waals surface area contributed by atoms with Crippen LogP contribution in [0.5, 0.6) is 5.75 Å². The second-order valence-corrected chi connectivity index (χ2v) is 7.02. The highest BCUT2D eigenvalue weighted by Crippen LogP contribution is 2.28. The van der Waals surface area contributed by atoms with Gasteiger partial charge in [-0.3, -0.25) is 4.98 Å². The first-order valence-corrected chi connectivity index (χ1v) is 9.97. The minimum Gasteiger partial charge on any atom is -0.406 e. The topological polar surface area (TPSA) is 72.0 Å². The van der Waals surface area contributed by atoms with E-state index >= 15 is 0 Å². The van der Waals surface area contributed by atoms with Gasteiger partial charge in [0.2, 0.25) is 5.95 Å². The predicted molar refractivity (Wildman–Crippen MR) is 114 cm³/mol. The normalized spacial score (nSPS) is 12.3. The van der Waals surface area contributed by atoms with Gasteiger partial charge in [-0.05, 0) is 49.6 Å². The summed E-state index contributed by atoms with van der Waals surface area (Å²) in [6.07, 6.45) is 0.357. The molecule has 6 nitrogen and oxygen atoms in total. The summed E-state index contributed by atoms with van der Waals surface area (Å²) in [5.41, 5.74) is 2.11. The van der Waals surface area contributed by atoms with Crippen LogP contribution < -0.4 is 15.4 Å². The van der Waals surface area contributed by atoms with Crippen LogP contribution in [0.1, 0.15) is 25.8 Å². The van der Waals surface area contributed by atoms with Gasteiger partial charge in [-0.15, -0.1) is 13.2 Å². The summed E-state index contributed by atoms with van der Waals surface area (Å²) in [6, 6.07) is 11.5. The molecule has 0 radical (unpaired) electrons. The Kier molecular flexibility index (Phi) is 7.28. The van der Waals surface area contributed by atoms with Crippen molar-refractivity contribution in [2.45, 2.75) is 39.1 Å². The lowest BCUT2D eigenvalue weighted by molar-refractivity contribution is -0.274. The molecular weight excluding hydrogens is 407 g/mol. The summed E-state index contributed by atoms with van der Waals surface area (Å²) < 4.78 is 41.8. The van der Waals surface area contributed by atoms with Gasteiger partial charge in [-0.2, -0.15) is 4.98 Å². The highest BCUT2D eigenvalue weighted by Gasteiger charge is 2.31. The zero-order valence-electron chi connectivity index (χ0n) is 17.3. The number of nitrogens with zero attached hydrogens (tertiary/aromatic N) is 3. The fourth-order valence-corrected chi connectivity index (χ4v) is 2.81. The van der Waals surface area contributed by atoms with E-state index in [1.165, 1.54) is 18.2 Å². The molecular formula is C22H24F3N5O. The predicted octanol–water partition coefficient (Wildman–Crippen LogP) is 5.30. The number of aromatic nitrogens is 3. The Morgan fingerprint density at radius 3 is 2.55 bits per heavy atom. The second-order valence-electron chi connectivity index (χ2n) is 7.02. The monoisotopic (exact) mass is 431 g/mol. The number of pyridine rings is 1. The van der Waals surface area contributed by atoms with Crippen molar-refractivity contribution < 1.29 is 17.9 Å². The van der Waals surface area contributed by atoms with E-state index in [2.05, 4.69) is 30.3 Å². The third kappa shape index (κ3) is 7.13. The Morgan fingerprint density at radius 2 is 1.84 bits per heavy atom. The highest BCUT2D eigenvalue weighted by atomic mass is 19.4. The van der Waals surface area contributed by atoms with Crippen LogP contribution in [0, 0.1) is 0 Å². The summed E-state index contributed by atoms with van der Waals surface area (Å²) in [4.78, 5) is 13.0. The van der Waals surface area contributed by atoms with Crippen LogP contribution in [0.2, 0.25) is 0 Å². The summed E-state index contributed by atoms with van der Waals surface area (Å²) >= 11 is 0. The molecule has 0 fully saturated rings. The van der Waals surface area contributed by atoms with E-state index in [0.29, 0.717) is 29.6 Å². The third-order valence-electron chi connectivity index (χ3n) is 4.55. The highest BCUT2D eigenvalue weighted by molar-refractivity contribution is 5.66. The van der Waals surface area contributed by atoms with Gasteiger partial charge in [0.05, 0.1) is 5.69 Å². The van der Waals surface area contributed by atoms with E-state index in [1.807, 2.05) is 26.0 Å². The van der Waals surface area contributed by atoms with E-state index in [0.717, 1.165) is 18.4 Å². The van der Waals surface area contributed by atoms with Gasteiger partial charge in [0, 0.05) is 36.6 Å². The van der Waals surface area contributed by atoms with Gasteiger partial charge in [-0.25, -0.2) is 4.98 Å². The van der Waals surface area contributed by atoms with Crippen LogP contribution in [-0.2, 0) is 6.42 Å². The molecule has 0 amide bonds. The smallest absolute Gasteiger partial charge is 0.406 e. The van der Waals surface area contributed by atoms with Gasteiger partial charge in [0.1, 0.15) is 11.6 Å². The summed E-state index contributed by atoms with van der Waals surface area (Å²) in [5.74, 6) is 0.680. The average molecular weight is 431 g/mol. The lowest BCUT2D eigenvalue weighted by Crippen LogP contribution is -2.17. The first kappa shape index (κ1) is 22.3. The molecule has 2 aromatic heterocycles. The van der Waals surface area contributed by atoms with Crippen molar-refractivity contribution in [1.29, 1.82) is 0 Å². The van der Waals surface area contributed by atoms with E-state index < -0.39 is 6.36 Å². The molecule has 0 aliphatic carbocycles. The molecule has 3 rings (SSSR count). The lowest BCUT2D eigenvalue weighted by Gasteiger charge is -2.15. The van der Waals surface area contributed by atoms with Crippen molar-refractivity contribution >= 4 is 11.8 Å². The van der Waals surface area contributed by atoms with Crippen LogP contribution in [0.4, 0.5) is 24.9 Å². The molecule has 0 spiro atoms. The number of hydrogen-bond donors (Lipinski definition) is 2. The van der Waals surface area contributed by atoms with Gasteiger partial charge in [-0.1, -0.05) is 19.1 Å². The fourth-order valence-electron chi connectivity index (χ4n) is 2.81. The van der Waals surface area contributed by atoms with Crippen molar-refractivity contribution in [3.63, 3.8) is 0 Å². The Morgan fingerprint density at radius 1 is 1.06 bits per heavy atom. The first-order valence-electron chi connectivity index (χ1n) is 9.97. The van der Waals surface area contributed by atoms with Crippen LogP contribution in [0.3, 0.4) is 0 Å². The molecule has 31 heavy (non-hydrogen) atoms. The summed E-state index contributed by atoms with van der Waals surface area (Å²) in [7, 11) is 0. The number of nitrogens with one attached hydrogen (secondary N) is 2. The third-order valence-corrected chi connectivity index (χ3v) is 4.55. The number of ether oxygens (including phenoxy) is 1. The molecule has 2 N–H and O–H groups in total. The van der Waals surface area contributed by atoms with Crippen LogP contribution in [0.15, 0.2) is 54.9 Å². The minimum atomic E-state index is -4.76. The van der Waals surface area contributed by atoms with Crippen molar-refractivity contribution in [3.05, 3.63) is 60.4 Å². The molecule has 0 unspecified atom stereocenters. The van der Waals surface area contributed by atoms with Crippen molar-refractivity contribution in [2.75, 3.05) is 17.2 Å². The number of rotatable bonds is 9. The maximum atomic E-state index is 12.6. The molecule has 0 bridgehead atoms. The van der Waals surface area contributed by atoms with Crippen molar-refractivity contribution in [1.82, 2.24) is 15.0 Å². The molecule has 3 aromatic rings. The van der Waals surface area contributed by atoms with E-state index in [9.17, 15) is 13.2 Å². The van der Waals surface area contributed by atoms with Crippen LogP contribution in [-0.4, -0.2) is 33.9 Å². The zero-order valence-corrected chi connectivity index (χ0v) is 17.3. The number of alkyl halides is 3. The Bertz CT molecular complexity index is 982. The largest absolute Gasteiger partial charge is 0.573 e. The zero-order chi connectivity index (χ0) is 22.3. The fraction of sp³-hybridized carbons (Fsp3) is 0.318. The van der Waals surface area contributed by atoms with Gasteiger partial charge >= 0.3 is 6.36 Å². The van der Waals surface area contributed by atoms with Gasteiger partial charge in [0.15, 0.2) is 0 Å². The molecule has 0 aliphatic heterocycles. The Hall–Kier alpha value is -3.36. The maximum Gasteiger partial charge on any atom is 0.573 e. The summed E-state index contributed by atoms with van der Waals surface area (Å²) in [6.45, 7) is 4.66. The molecule has 1 aromatic carbocycles. The van der Waals surface area contributed by atoms with E-state index in [1.54, 1.807) is 24.5 Å². The minimum absolute atomic E-state index is 0.139. The molecule has 2 heterocycles. The quantitative estimate of drug-likeness (QED) is 0.479. The standard InChI is InChI=1S/C22H24F3N5O/c1-3-15(2)28-21-29-19(17-5-4-6-18(13-17)31-22(23,24)25)14-20(30-21)27-12-9-16-7-10-26-11-8-16/h4-8,10-11,13-15H,3,9,12H2,1-2H3,(H2,27,28,29,30)/t15-/m0/s1. The Balaban J connectivity index is 1.84. The lowest BCUT2D eigenvalue weighted by atomic mass is 10.1. The van der Waals surface area contributed by atoms with Gasteiger partial charge < -0.3 is 15.4 Å². The number of anilines is 2. The molecule has 0 saturated carbocycles. The molecule has 0 saturated heterocycles. The van der Waals surface area contributed by atoms with Crippen molar-refractivity contribution in [2.24, 2.45) is 0 Å². The summed E-state index contributed by atoms with van der Waals surface area (Å²) in [5, 5.41) is 6.49. The molecule has 0 aliphatic rings. The number of benzene rings is 1. The van der Waals surface area contributed by atoms with E-state index in [-0.39, 0.29) is 11.8 Å². The molecule has 9 heteroatoms. The second kappa shape index (κ2) is 10.1. The molecule has 1 atom stereocenters. The van der Waals surface area contributed by atoms with Crippen LogP contribution >= 0.6 is 0 Å². The van der Waals surface area contributed by atoms with Crippen molar-refractivity contribution in [3.8, 4) is 17.0 Å². The number of hydrogen-bond acceptors (Lipinski definition) is 6. The average Bonchev–Trinajstić information content (AvgIpc) is 2.73. The molecule has 164 valence electrons. The maximum absolute atomic E-state index is 12.6. The van der Waals surface area contributed by atoms with Gasteiger partial charge in [0.25, 0.3) is 0 Å². The number of halogens is 3.